The Labute approximate surface area is 137 Å². The Morgan fingerprint density at radius 3 is 2.04 bits per heavy atom. The zero-order valence-electron chi connectivity index (χ0n) is 12.7. The topological polar surface area (TPSA) is 124 Å². The van der Waals surface area contributed by atoms with Crippen LogP contribution in [0.3, 0.4) is 0 Å². The standard InChI is InChI=1S/C8H7NO3.C8H9NO3/c10-6-5-7-1-3-8(4-2-7)9(11)12;10-5-4-7-2-1-3-8(6-7)9(11)12/h1-4,6H,5H2;1-3,6,10H,4-5H2. The van der Waals surface area contributed by atoms with Crippen LogP contribution in [0.5, 0.6) is 0 Å². The van der Waals surface area contributed by atoms with E-state index >= 15 is 0 Å². The lowest BCUT2D eigenvalue weighted by Gasteiger charge is -1.96. The van der Waals surface area contributed by atoms with E-state index in [4.69, 9.17) is 5.11 Å². The molecule has 0 bridgehead atoms. The normalized spacial score (nSPS) is 9.54. The van der Waals surface area contributed by atoms with Crippen molar-refractivity contribution in [3.8, 4) is 0 Å². The summed E-state index contributed by atoms with van der Waals surface area (Å²) in [6.45, 7) is 0.0150. The molecule has 0 aliphatic heterocycles. The van der Waals surface area contributed by atoms with E-state index in [2.05, 4.69) is 0 Å². The Morgan fingerprint density at radius 1 is 0.917 bits per heavy atom. The molecule has 0 spiro atoms. The van der Waals surface area contributed by atoms with Crippen LogP contribution in [0.15, 0.2) is 48.5 Å². The second kappa shape index (κ2) is 9.80. The molecule has 0 aromatic heterocycles. The number of carbonyl (C=O) groups is 1. The van der Waals surface area contributed by atoms with E-state index in [1.807, 2.05) is 0 Å². The highest BCUT2D eigenvalue weighted by Crippen LogP contribution is 2.13. The van der Waals surface area contributed by atoms with Crippen molar-refractivity contribution in [2.45, 2.75) is 12.8 Å². The van der Waals surface area contributed by atoms with Crippen LogP contribution in [0.25, 0.3) is 0 Å². The van der Waals surface area contributed by atoms with Crippen molar-refractivity contribution in [2.24, 2.45) is 0 Å². The van der Waals surface area contributed by atoms with E-state index in [-0.39, 0.29) is 18.0 Å². The summed E-state index contributed by atoms with van der Waals surface area (Å²) in [4.78, 5) is 29.7. The fourth-order valence-corrected chi connectivity index (χ4v) is 1.80. The maximum Gasteiger partial charge on any atom is 0.269 e. The summed E-state index contributed by atoms with van der Waals surface area (Å²) in [6.07, 6.45) is 1.53. The maximum atomic E-state index is 10.3. The van der Waals surface area contributed by atoms with E-state index in [9.17, 15) is 25.0 Å². The summed E-state index contributed by atoms with van der Waals surface area (Å²) in [5.74, 6) is 0. The van der Waals surface area contributed by atoms with Crippen LogP contribution in [0, 0.1) is 20.2 Å². The van der Waals surface area contributed by atoms with Crippen LogP contribution < -0.4 is 0 Å². The van der Waals surface area contributed by atoms with Gasteiger partial charge in [0, 0.05) is 37.3 Å². The number of nitrogens with zero attached hydrogens (tertiary/aromatic N) is 2. The number of hydrogen-bond donors (Lipinski definition) is 1. The van der Waals surface area contributed by atoms with Crippen molar-refractivity contribution in [3.05, 3.63) is 79.9 Å². The van der Waals surface area contributed by atoms with Crippen LogP contribution in [0.4, 0.5) is 11.4 Å². The Balaban J connectivity index is 0.000000240. The summed E-state index contributed by atoms with van der Waals surface area (Å²) < 4.78 is 0. The molecule has 0 fully saturated rings. The minimum atomic E-state index is -0.468. The number of nitro groups is 2. The lowest BCUT2D eigenvalue weighted by atomic mass is 10.1. The molecule has 0 unspecified atom stereocenters. The van der Waals surface area contributed by atoms with E-state index in [0.717, 1.165) is 17.4 Å². The fraction of sp³-hybridized carbons (Fsp3) is 0.188. The maximum absolute atomic E-state index is 10.3. The molecule has 0 saturated heterocycles. The lowest BCUT2D eigenvalue weighted by molar-refractivity contribution is -0.385. The van der Waals surface area contributed by atoms with Crippen molar-refractivity contribution in [2.75, 3.05) is 6.61 Å². The monoisotopic (exact) mass is 332 g/mol. The minimum Gasteiger partial charge on any atom is -0.396 e. The first kappa shape index (κ1) is 18.9. The number of carbonyl (C=O) groups excluding carboxylic acids is 1. The highest BCUT2D eigenvalue weighted by atomic mass is 16.6. The molecular weight excluding hydrogens is 316 g/mol. The molecular formula is C16H16N2O6. The molecule has 1 N–H and O–H groups in total. The molecule has 2 rings (SSSR count). The first-order chi connectivity index (χ1) is 11.5. The molecule has 0 atom stereocenters. The number of aliphatic hydroxyl groups excluding tert-OH is 1. The molecule has 0 aliphatic rings. The van der Waals surface area contributed by atoms with E-state index in [1.165, 1.54) is 24.3 Å². The average Bonchev–Trinajstić information content (AvgIpc) is 2.57. The lowest BCUT2D eigenvalue weighted by Crippen LogP contribution is -1.93. The third kappa shape index (κ3) is 6.32. The molecule has 8 nitrogen and oxygen atoms in total. The molecule has 8 heteroatoms. The van der Waals surface area contributed by atoms with Gasteiger partial charge in [0.2, 0.25) is 0 Å². The predicted octanol–water partition coefficient (Wildman–Crippen LogP) is 2.47. The largest absolute Gasteiger partial charge is 0.396 e. The van der Waals surface area contributed by atoms with Gasteiger partial charge in [-0.15, -0.1) is 0 Å². The zero-order chi connectivity index (χ0) is 17.9. The Morgan fingerprint density at radius 2 is 1.54 bits per heavy atom. The van der Waals surface area contributed by atoms with Crippen molar-refractivity contribution in [3.63, 3.8) is 0 Å². The van der Waals surface area contributed by atoms with Gasteiger partial charge in [-0.2, -0.15) is 0 Å². The van der Waals surface area contributed by atoms with E-state index in [0.29, 0.717) is 12.8 Å². The number of aliphatic hydroxyl groups is 1. The number of non-ortho nitro benzene ring substituents is 2. The molecule has 2 aromatic rings. The van der Waals surface area contributed by atoms with Gasteiger partial charge in [0.25, 0.3) is 11.4 Å². The van der Waals surface area contributed by atoms with E-state index in [1.54, 1.807) is 24.3 Å². The van der Waals surface area contributed by atoms with Gasteiger partial charge in [-0.05, 0) is 17.5 Å². The summed E-state index contributed by atoms with van der Waals surface area (Å²) in [6, 6.07) is 12.2. The predicted molar refractivity (Wildman–Crippen MR) is 86.8 cm³/mol. The SMILES string of the molecule is O=CCc1ccc([N+](=O)[O-])cc1.O=[N+]([O-])c1cccc(CCO)c1. The van der Waals surface area contributed by atoms with Gasteiger partial charge < -0.3 is 9.90 Å². The molecule has 2 aromatic carbocycles. The molecule has 0 heterocycles. The quantitative estimate of drug-likeness (QED) is 0.492. The van der Waals surface area contributed by atoms with Crippen LogP contribution in [0.2, 0.25) is 0 Å². The number of nitro benzene ring substituents is 2. The van der Waals surface area contributed by atoms with Gasteiger partial charge in [-0.25, -0.2) is 0 Å². The Hall–Kier alpha value is -3.13. The van der Waals surface area contributed by atoms with Crippen LogP contribution >= 0.6 is 0 Å². The molecule has 0 radical (unpaired) electrons. The van der Waals surface area contributed by atoms with Gasteiger partial charge >= 0.3 is 0 Å². The first-order valence-electron chi connectivity index (χ1n) is 6.99. The number of aldehydes is 1. The third-order valence-electron chi connectivity index (χ3n) is 2.99. The van der Waals surface area contributed by atoms with Crippen molar-refractivity contribution < 1.29 is 19.7 Å². The molecule has 0 aliphatic carbocycles. The van der Waals surface area contributed by atoms with Crippen molar-refractivity contribution >= 4 is 17.7 Å². The van der Waals surface area contributed by atoms with Gasteiger partial charge in [0.1, 0.15) is 6.29 Å². The minimum absolute atomic E-state index is 0.0150. The van der Waals surface area contributed by atoms with E-state index < -0.39 is 9.85 Å². The second-order valence-corrected chi connectivity index (χ2v) is 4.69. The number of benzene rings is 2. The average molecular weight is 332 g/mol. The number of hydrogen-bond acceptors (Lipinski definition) is 6. The highest BCUT2D eigenvalue weighted by Gasteiger charge is 2.04. The number of rotatable bonds is 6. The zero-order valence-corrected chi connectivity index (χ0v) is 12.7. The molecule has 0 amide bonds. The van der Waals surface area contributed by atoms with Crippen molar-refractivity contribution in [1.29, 1.82) is 0 Å². The summed E-state index contributed by atoms with van der Waals surface area (Å²) in [5.41, 5.74) is 1.69. The third-order valence-corrected chi connectivity index (χ3v) is 2.99. The first-order valence-corrected chi connectivity index (χ1v) is 6.99. The smallest absolute Gasteiger partial charge is 0.269 e. The van der Waals surface area contributed by atoms with Crippen LogP contribution in [-0.2, 0) is 17.6 Å². The van der Waals surface area contributed by atoms with Gasteiger partial charge in [-0.3, -0.25) is 20.2 Å². The van der Waals surface area contributed by atoms with Gasteiger partial charge in [0.05, 0.1) is 9.85 Å². The summed E-state index contributed by atoms with van der Waals surface area (Å²) >= 11 is 0. The van der Waals surface area contributed by atoms with Crippen LogP contribution in [-0.4, -0.2) is 27.8 Å². The summed E-state index contributed by atoms with van der Waals surface area (Å²) in [5, 5.41) is 29.1. The Kier molecular flexibility index (Phi) is 7.72. The second-order valence-electron chi connectivity index (χ2n) is 4.69. The van der Waals surface area contributed by atoms with Crippen LogP contribution in [0.1, 0.15) is 11.1 Å². The summed E-state index contributed by atoms with van der Waals surface area (Å²) in [7, 11) is 0. The molecule has 126 valence electrons. The molecule has 0 saturated carbocycles. The highest BCUT2D eigenvalue weighted by molar-refractivity contribution is 5.55. The molecule has 24 heavy (non-hydrogen) atoms. The van der Waals surface area contributed by atoms with Gasteiger partial charge in [-0.1, -0.05) is 24.3 Å². The fourth-order valence-electron chi connectivity index (χ4n) is 1.80. The van der Waals surface area contributed by atoms with Gasteiger partial charge in [0.15, 0.2) is 0 Å². The Bertz CT molecular complexity index is 700. The van der Waals surface area contributed by atoms with Crippen molar-refractivity contribution in [1.82, 2.24) is 0 Å².